The third-order valence-electron chi connectivity index (χ3n) is 2.02. The average Bonchev–Trinajstić information content (AvgIpc) is 2.25. The first kappa shape index (κ1) is 11.8. The van der Waals surface area contributed by atoms with Crippen LogP contribution in [0.25, 0.3) is 0 Å². The molecular weight excluding hydrogens is 212 g/mol. The van der Waals surface area contributed by atoms with Crippen LogP contribution in [0.2, 0.25) is 0 Å². The van der Waals surface area contributed by atoms with Gasteiger partial charge in [0.2, 0.25) is 0 Å². The van der Waals surface area contributed by atoms with E-state index in [4.69, 9.17) is 0 Å². The Balaban J connectivity index is 3.13. The van der Waals surface area contributed by atoms with Gasteiger partial charge in [0.25, 0.3) is 11.4 Å². The molecule has 84 valence electrons. The van der Waals surface area contributed by atoms with Crippen molar-refractivity contribution in [3.63, 3.8) is 0 Å². The maximum Gasteiger partial charge on any atom is 0.276 e. The minimum absolute atomic E-state index is 0.256. The van der Waals surface area contributed by atoms with E-state index in [2.05, 4.69) is 6.58 Å². The van der Waals surface area contributed by atoms with Gasteiger partial charge in [-0.05, 0) is 18.4 Å². The number of nitrogens with zero attached hydrogens (tertiary/aromatic N) is 2. The average molecular weight is 222 g/mol. The Morgan fingerprint density at radius 1 is 1.12 bits per heavy atom. The summed E-state index contributed by atoms with van der Waals surface area (Å²) in [6.45, 7) is 3.52. The number of non-ortho nitro benzene ring substituents is 2. The van der Waals surface area contributed by atoms with Gasteiger partial charge in [-0.25, -0.2) is 0 Å². The fourth-order valence-electron chi connectivity index (χ4n) is 1.28. The zero-order valence-corrected chi connectivity index (χ0v) is 8.46. The first-order chi connectivity index (χ1) is 7.54. The molecule has 0 bridgehead atoms. The Hall–Kier alpha value is -2.24. The van der Waals surface area contributed by atoms with Crippen molar-refractivity contribution in [1.29, 1.82) is 0 Å². The van der Waals surface area contributed by atoms with Crippen LogP contribution in [0.5, 0.6) is 0 Å². The second kappa shape index (κ2) is 5.01. The molecule has 0 aliphatic carbocycles. The molecule has 0 aliphatic heterocycles. The quantitative estimate of drug-likeness (QED) is 0.435. The van der Waals surface area contributed by atoms with Crippen LogP contribution in [0.4, 0.5) is 11.4 Å². The molecule has 0 N–H and O–H groups in total. The number of allylic oxidation sites excluding steroid dienone is 1. The lowest BCUT2D eigenvalue weighted by Gasteiger charge is -1.99. The molecule has 1 rings (SSSR count). The summed E-state index contributed by atoms with van der Waals surface area (Å²) >= 11 is 0. The van der Waals surface area contributed by atoms with Crippen LogP contribution in [0.1, 0.15) is 12.0 Å². The summed E-state index contributed by atoms with van der Waals surface area (Å²) < 4.78 is 0. The first-order valence-corrected chi connectivity index (χ1v) is 4.58. The molecule has 0 heterocycles. The van der Waals surface area contributed by atoms with Crippen LogP contribution < -0.4 is 0 Å². The van der Waals surface area contributed by atoms with Crippen LogP contribution in [-0.4, -0.2) is 9.85 Å². The number of hydrogen-bond acceptors (Lipinski definition) is 4. The minimum Gasteiger partial charge on any atom is -0.258 e. The highest BCUT2D eigenvalue weighted by molar-refractivity contribution is 5.46. The highest BCUT2D eigenvalue weighted by atomic mass is 16.6. The van der Waals surface area contributed by atoms with Crippen LogP contribution >= 0.6 is 0 Å². The topological polar surface area (TPSA) is 86.3 Å². The smallest absolute Gasteiger partial charge is 0.258 e. The van der Waals surface area contributed by atoms with E-state index in [0.717, 1.165) is 6.07 Å². The van der Waals surface area contributed by atoms with E-state index in [1.54, 1.807) is 6.08 Å². The molecule has 0 unspecified atom stereocenters. The molecule has 0 atom stereocenters. The lowest BCUT2D eigenvalue weighted by atomic mass is 10.1. The van der Waals surface area contributed by atoms with E-state index >= 15 is 0 Å². The maximum absolute atomic E-state index is 10.6. The van der Waals surface area contributed by atoms with Crippen molar-refractivity contribution in [2.45, 2.75) is 12.8 Å². The number of nitro benzene ring substituents is 2. The van der Waals surface area contributed by atoms with E-state index in [1.165, 1.54) is 12.1 Å². The molecule has 0 saturated heterocycles. The lowest BCUT2D eigenvalue weighted by molar-refractivity contribution is -0.394. The third-order valence-corrected chi connectivity index (χ3v) is 2.02. The number of nitro groups is 2. The first-order valence-electron chi connectivity index (χ1n) is 4.58. The lowest BCUT2D eigenvalue weighted by Crippen LogP contribution is -1.95. The van der Waals surface area contributed by atoms with Crippen LogP contribution in [-0.2, 0) is 6.42 Å². The van der Waals surface area contributed by atoms with Crippen molar-refractivity contribution in [2.24, 2.45) is 0 Å². The Morgan fingerprint density at radius 2 is 1.62 bits per heavy atom. The van der Waals surface area contributed by atoms with Gasteiger partial charge >= 0.3 is 0 Å². The van der Waals surface area contributed by atoms with Crippen molar-refractivity contribution >= 4 is 11.4 Å². The zero-order valence-electron chi connectivity index (χ0n) is 8.46. The van der Waals surface area contributed by atoms with Gasteiger partial charge in [-0.3, -0.25) is 20.2 Å². The molecule has 0 aromatic heterocycles. The minimum atomic E-state index is -0.635. The summed E-state index contributed by atoms with van der Waals surface area (Å²) in [5.74, 6) is 0. The normalized spacial score (nSPS) is 9.75. The van der Waals surface area contributed by atoms with Crippen LogP contribution in [0.15, 0.2) is 30.9 Å². The van der Waals surface area contributed by atoms with Crippen molar-refractivity contribution < 1.29 is 9.85 Å². The Morgan fingerprint density at radius 3 is 2.00 bits per heavy atom. The molecule has 16 heavy (non-hydrogen) atoms. The summed E-state index contributed by atoms with van der Waals surface area (Å²) in [4.78, 5) is 19.9. The predicted octanol–water partition coefficient (Wildman–Crippen LogP) is 2.62. The molecule has 0 saturated carbocycles. The standard InChI is InChI=1S/C10H10N2O4/c1-2-3-4-8-5-9(11(13)14)7-10(6-8)12(15)16/h2,5-7H,1,3-4H2. The number of benzene rings is 1. The van der Waals surface area contributed by atoms with Gasteiger partial charge in [-0.2, -0.15) is 0 Å². The van der Waals surface area contributed by atoms with Crippen molar-refractivity contribution in [3.05, 3.63) is 56.6 Å². The van der Waals surface area contributed by atoms with Gasteiger partial charge in [0.15, 0.2) is 0 Å². The number of rotatable bonds is 5. The van der Waals surface area contributed by atoms with Gasteiger partial charge < -0.3 is 0 Å². The van der Waals surface area contributed by atoms with E-state index in [-0.39, 0.29) is 11.4 Å². The maximum atomic E-state index is 10.6. The molecule has 6 nitrogen and oxygen atoms in total. The second-order valence-electron chi connectivity index (χ2n) is 3.20. The largest absolute Gasteiger partial charge is 0.276 e. The van der Waals surface area contributed by atoms with E-state index in [9.17, 15) is 20.2 Å². The van der Waals surface area contributed by atoms with Gasteiger partial charge in [0.1, 0.15) is 0 Å². The molecule has 1 aromatic rings. The van der Waals surface area contributed by atoms with Crippen molar-refractivity contribution in [3.8, 4) is 0 Å². The van der Waals surface area contributed by atoms with Crippen LogP contribution in [0.3, 0.4) is 0 Å². The molecule has 1 aromatic carbocycles. The fraction of sp³-hybridized carbons (Fsp3) is 0.200. The van der Waals surface area contributed by atoms with Gasteiger partial charge in [0, 0.05) is 12.1 Å². The Kier molecular flexibility index (Phi) is 3.71. The highest BCUT2D eigenvalue weighted by Gasteiger charge is 2.15. The van der Waals surface area contributed by atoms with Crippen molar-refractivity contribution in [1.82, 2.24) is 0 Å². The summed E-state index contributed by atoms with van der Waals surface area (Å²) in [5, 5.41) is 21.1. The summed E-state index contributed by atoms with van der Waals surface area (Å²) in [5.41, 5.74) is 0.0577. The van der Waals surface area contributed by atoms with Crippen molar-refractivity contribution in [2.75, 3.05) is 0 Å². The monoisotopic (exact) mass is 222 g/mol. The predicted molar refractivity (Wildman–Crippen MR) is 58.3 cm³/mol. The van der Waals surface area contributed by atoms with Gasteiger partial charge in [-0.1, -0.05) is 6.08 Å². The molecule has 0 spiro atoms. The zero-order chi connectivity index (χ0) is 12.1. The second-order valence-corrected chi connectivity index (χ2v) is 3.20. The van der Waals surface area contributed by atoms with E-state index in [0.29, 0.717) is 18.4 Å². The van der Waals surface area contributed by atoms with Crippen LogP contribution in [0, 0.1) is 20.2 Å². The molecule has 0 amide bonds. The number of aryl methyl sites for hydroxylation is 1. The number of hydrogen-bond donors (Lipinski definition) is 0. The molecular formula is C10H10N2O4. The summed E-state index contributed by atoms with van der Waals surface area (Å²) in [6, 6.07) is 3.64. The van der Waals surface area contributed by atoms with E-state index in [1.807, 2.05) is 0 Å². The van der Waals surface area contributed by atoms with Gasteiger partial charge in [-0.15, -0.1) is 6.58 Å². The van der Waals surface area contributed by atoms with Gasteiger partial charge in [0.05, 0.1) is 15.9 Å². The molecule has 0 aliphatic rings. The molecule has 0 radical (unpaired) electrons. The summed E-state index contributed by atoms with van der Waals surface area (Å²) in [6.07, 6.45) is 2.79. The SMILES string of the molecule is C=CCCc1cc([N+](=O)[O-])cc([N+](=O)[O-])c1. The summed E-state index contributed by atoms with van der Waals surface area (Å²) in [7, 11) is 0. The highest BCUT2D eigenvalue weighted by Crippen LogP contribution is 2.23. The third kappa shape index (κ3) is 2.88. The molecule has 6 heteroatoms. The molecule has 0 fully saturated rings. The fourth-order valence-corrected chi connectivity index (χ4v) is 1.28. The van der Waals surface area contributed by atoms with E-state index < -0.39 is 9.85 Å². The Bertz CT molecular complexity index is 410. The Labute approximate surface area is 91.5 Å².